The lowest BCUT2D eigenvalue weighted by Crippen LogP contribution is -2.40. The van der Waals surface area contributed by atoms with Gasteiger partial charge in [-0.2, -0.15) is 0 Å². The number of esters is 2. The van der Waals surface area contributed by atoms with Gasteiger partial charge in [-0.1, -0.05) is 23.5 Å². The fourth-order valence-corrected chi connectivity index (χ4v) is 5.13. The van der Waals surface area contributed by atoms with E-state index in [2.05, 4.69) is 4.99 Å². The van der Waals surface area contributed by atoms with Crippen LogP contribution < -0.4 is 29.1 Å². The minimum absolute atomic E-state index is 0.172. The average Bonchev–Trinajstić information content (AvgIpc) is 3.17. The maximum atomic E-state index is 13.8. The monoisotopic (exact) mass is 522 g/mol. The molecule has 0 saturated heterocycles. The van der Waals surface area contributed by atoms with Crippen LogP contribution in [-0.4, -0.2) is 37.3 Å². The molecule has 0 spiro atoms. The molecule has 1 atom stereocenters. The second kappa shape index (κ2) is 10.8. The lowest BCUT2D eigenvalue weighted by Gasteiger charge is -2.26. The molecular weight excluding hydrogens is 496 g/mol. The highest BCUT2D eigenvalue weighted by Gasteiger charge is 2.35. The van der Waals surface area contributed by atoms with E-state index in [4.69, 9.17) is 18.9 Å². The SMILES string of the molecule is CCOC(=O)C1=C(C)N=c2s/c(=C\c3ccc(OC(C)=O)cc3)c(=O)n2[C@@H]1c1cc(OC)ccc1OC. The molecule has 0 fully saturated rings. The fraction of sp³-hybridized carbons (Fsp3) is 0.259. The molecule has 0 bridgehead atoms. The smallest absolute Gasteiger partial charge is 0.338 e. The molecule has 4 rings (SSSR count). The lowest BCUT2D eigenvalue weighted by molar-refractivity contribution is -0.139. The van der Waals surface area contributed by atoms with Gasteiger partial charge in [0.1, 0.15) is 23.3 Å². The van der Waals surface area contributed by atoms with Crippen LogP contribution in [0, 0.1) is 0 Å². The van der Waals surface area contributed by atoms with Gasteiger partial charge in [0.15, 0.2) is 4.80 Å². The van der Waals surface area contributed by atoms with Crippen LogP contribution in [0.2, 0.25) is 0 Å². The van der Waals surface area contributed by atoms with Gasteiger partial charge in [0, 0.05) is 12.5 Å². The van der Waals surface area contributed by atoms with Crippen LogP contribution in [0.4, 0.5) is 0 Å². The normalized spacial score (nSPS) is 15.1. The van der Waals surface area contributed by atoms with Crippen LogP contribution in [-0.2, 0) is 14.3 Å². The molecule has 0 aliphatic carbocycles. The zero-order valence-corrected chi connectivity index (χ0v) is 21.9. The summed E-state index contributed by atoms with van der Waals surface area (Å²) < 4.78 is 23.3. The lowest BCUT2D eigenvalue weighted by atomic mass is 9.94. The minimum Gasteiger partial charge on any atom is -0.497 e. The molecule has 10 heteroatoms. The summed E-state index contributed by atoms with van der Waals surface area (Å²) in [7, 11) is 3.06. The molecule has 0 N–H and O–H groups in total. The van der Waals surface area contributed by atoms with Gasteiger partial charge >= 0.3 is 11.9 Å². The van der Waals surface area contributed by atoms with Crippen LogP contribution in [0.15, 0.2) is 63.5 Å². The Morgan fingerprint density at radius 2 is 1.78 bits per heavy atom. The molecule has 2 aromatic carbocycles. The first-order valence-electron chi connectivity index (χ1n) is 11.5. The molecule has 1 aliphatic heterocycles. The van der Waals surface area contributed by atoms with Crippen molar-refractivity contribution in [2.24, 2.45) is 4.99 Å². The molecule has 192 valence electrons. The zero-order valence-electron chi connectivity index (χ0n) is 21.1. The van der Waals surface area contributed by atoms with E-state index in [9.17, 15) is 14.4 Å². The number of aromatic nitrogens is 1. The van der Waals surface area contributed by atoms with Crippen molar-refractivity contribution in [2.75, 3.05) is 20.8 Å². The van der Waals surface area contributed by atoms with E-state index in [-0.39, 0.29) is 17.7 Å². The van der Waals surface area contributed by atoms with Gasteiger partial charge < -0.3 is 18.9 Å². The number of carbonyl (C=O) groups is 2. The van der Waals surface area contributed by atoms with Crippen molar-refractivity contribution in [1.29, 1.82) is 0 Å². The predicted octanol–water partition coefficient (Wildman–Crippen LogP) is 2.74. The van der Waals surface area contributed by atoms with E-state index >= 15 is 0 Å². The van der Waals surface area contributed by atoms with Gasteiger partial charge in [-0.15, -0.1) is 0 Å². The Kier molecular flexibility index (Phi) is 7.58. The Morgan fingerprint density at radius 1 is 1.08 bits per heavy atom. The standard InChI is InChI=1S/C27H26N2O7S/c1-6-35-26(32)23-15(2)28-27-29(24(23)20-14-19(33-4)11-12-21(20)34-5)25(31)22(37-27)13-17-7-9-18(10-8-17)36-16(3)30/h7-14,24H,6H2,1-5H3/b22-13-/t24-/m1/s1. The third-order valence-corrected chi connectivity index (χ3v) is 6.67. The minimum atomic E-state index is -0.839. The second-order valence-electron chi connectivity index (χ2n) is 8.07. The van der Waals surface area contributed by atoms with Crippen LogP contribution in [0.1, 0.15) is 37.9 Å². The first-order chi connectivity index (χ1) is 17.8. The van der Waals surface area contributed by atoms with Gasteiger partial charge in [-0.05, 0) is 55.8 Å². The Bertz CT molecular complexity index is 1570. The predicted molar refractivity (Wildman–Crippen MR) is 138 cm³/mol. The largest absolute Gasteiger partial charge is 0.497 e. The Labute approximate surface area is 216 Å². The summed E-state index contributed by atoms with van der Waals surface area (Å²) in [6, 6.07) is 11.2. The molecule has 2 heterocycles. The molecule has 37 heavy (non-hydrogen) atoms. The quantitative estimate of drug-likeness (QED) is 0.347. The molecule has 1 aromatic heterocycles. The van der Waals surface area contributed by atoms with E-state index in [1.165, 1.54) is 37.0 Å². The first-order valence-corrected chi connectivity index (χ1v) is 12.3. The molecule has 0 radical (unpaired) electrons. The van der Waals surface area contributed by atoms with Crippen molar-refractivity contribution in [3.8, 4) is 17.2 Å². The number of nitrogens with zero attached hydrogens (tertiary/aromatic N) is 2. The second-order valence-corrected chi connectivity index (χ2v) is 9.08. The van der Waals surface area contributed by atoms with Crippen molar-refractivity contribution in [3.63, 3.8) is 0 Å². The van der Waals surface area contributed by atoms with Crippen LogP contribution in [0.25, 0.3) is 6.08 Å². The molecular formula is C27H26N2O7S. The topological polar surface area (TPSA) is 105 Å². The fourth-order valence-electron chi connectivity index (χ4n) is 4.09. The average molecular weight is 523 g/mol. The third kappa shape index (κ3) is 5.19. The number of fused-ring (bicyclic) bond motifs is 1. The van der Waals surface area contributed by atoms with Gasteiger partial charge in [-0.3, -0.25) is 14.2 Å². The summed E-state index contributed by atoms with van der Waals surface area (Å²) in [6.45, 7) is 4.94. The highest BCUT2D eigenvalue weighted by atomic mass is 32.1. The summed E-state index contributed by atoms with van der Waals surface area (Å²) in [6.07, 6.45) is 1.73. The number of carbonyl (C=O) groups excluding carboxylic acids is 2. The highest BCUT2D eigenvalue weighted by Crippen LogP contribution is 2.37. The number of hydrogen-bond acceptors (Lipinski definition) is 9. The Morgan fingerprint density at radius 3 is 2.41 bits per heavy atom. The zero-order chi connectivity index (χ0) is 26.7. The van der Waals surface area contributed by atoms with Crippen molar-refractivity contribution in [2.45, 2.75) is 26.8 Å². The van der Waals surface area contributed by atoms with Gasteiger partial charge in [-0.25, -0.2) is 9.79 Å². The molecule has 0 amide bonds. The van der Waals surface area contributed by atoms with Gasteiger partial charge in [0.2, 0.25) is 0 Å². The van der Waals surface area contributed by atoms with Crippen molar-refractivity contribution in [3.05, 3.63) is 84.5 Å². The molecule has 1 aliphatic rings. The van der Waals surface area contributed by atoms with E-state index in [0.717, 1.165) is 5.56 Å². The van der Waals surface area contributed by atoms with Gasteiger partial charge in [0.05, 0.1) is 36.6 Å². The highest BCUT2D eigenvalue weighted by molar-refractivity contribution is 7.07. The number of hydrogen-bond donors (Lipinski definition) is 0. The molecule has 0 unspecified atom stereocenters. The van der Waals surface area contributed by atoms with Crippen molar-refractivity contribution < 1.29 is 28.5 Å². The number of thiazole rings is 1. The summed E-state index contributed by atoms with van der Waals surface area (Å²) in [5, 5.41) is 0. The van der Waals surface area contributed by atoms with Crippen LogP contribution >= 0.6 is 11.3 Å². The molecule has 0 saturated carbocycles. The van der Waals surface area contributed by atoms with E-state index < -0.39 is 18.0 Å². The molecule has 3 aromatic rings. The van der Waals surface area contributed by atoms with Crippen LogP contribution in [0.3, 0.4) is 0 Å². The number of allylic oxidation sites excluding steroid dienone is 1. The number of rotatable bonds is 7. The van der Waals surface area contributed by atoms with Crippen molar-refractivity contribution in [1.82, 2.24) is 4.57 Å². The van der Waals surface area contributed by atoms with E-state index in [1.807, 2.05) is 0 Å². The Hall–Kier alpha value is -4.18. The molecule has 9 nitrogen and oxygen atoms in total. The van der Waals surface area contributed by atoms with Crippen molar-refractivity contribution >= 4 is 29.4 Å². The van der Waals surface area contributed by atoms with Gasteiger partial charge in [0.25, 0.3) is 5.56 Å². The first kappa shape index (κ1) is 25.9. The maximum Gasteiger partial charge on any atom is 0.338 e. The summed E-state index contributed by atoms with van der Waals surface area (Å²) in [4.78, 5) is 43.1. The summed E-state index contributed by atoms with van der Waals surface area (Å²) >= 11 is 1.21. The number of benzene rings is 2. The number of ether oxygens (including phenoxy) is 4. The maximum absolute atomic E-state index is 13.8. The van der Waals surface area contributed by atoms with E-state index in [0.29, 0.717) is 37.8 Å². The summed E-state index contributed by atoms with van der Waals surface area (Å²) in [5.74, 6) is 0.461. The summed E-state index contributed by atoms with van der Waals surface area (Å²) in [5.41, 5.74) is 1.68. The van der Waals surface area contributed by atoms with E-state index in [1.54, 1.807) is 62.4 Å². The van der Waals surface area contributed by atoms with Crippen LogP contribution in [0.5, 0.6) is 17.2 Å². The third-order valence-electron chi connectivity index (χ3n) is 5.69. The Balaban J connectivity index is 1.93. The number of methoxy groups -OCH3 is 2.